The summed E-state index contributed by atoms with van der Waals surface area (Å²) in [5.41, 5.74) is 0. The minimum atomic E-state index is -0.968. The van der Waals surface area contributed by atoms with E-state index in [4.69, 9.17) is 9.47 Å². The Morgan fingerprint density at radius 3 is 1.27 bits per heavy atom. The van der Waals surface area contributed by atoms with Gasteiger partial charge in [0.1, 0.15) is 0 Å². The molecule has 2 aromatic rings. The molecule has 0 aliphatic heterocycles. The van der Waals surface area contributed by atoms with E-state index in [2.05, 4.69) is 38.2 Å². The minimum Gasteiger partial charge on any atom is -0.488 e. The minimum absolute atomic E-state index is 0. The molecule has 0 heterocycles. The maximum atomic E-state index is 13.3. The number of benzene rings is 2. The van der Waals surface area contributed by atoms with Crippen molar-refractivity contribution in [3.63, 3.8) is 0 Å². The number of hydrogen-bond donors (Lipinski definition) is 0. The molecule has 9 heteroatoms. The van der Waals surface area contributed by atoms with Gasteiger partial charge in [-0.2, -0.15) is 12.2 Å². The van der Waals surface area contributed by atoms with Gasteiger partial charge in [-0.3, -0.25) is 21.7 Å². The Hall–Kier alpha value is -3.23. The van der Waals surface area contributed by atoms with Crippen LogP contribution in [0.25, 0.3) is 0 Å². The second-order valence-electron chi connectivity index (χ2n) is 13.3. The van der Waals surface area contributed by atoms with E-state index in [1.165, 1.54) is 25.7 Å². The maximum absolute atomic E-state index is 13.3. The SMILES string of the molecule is CC1CCC(CCC(=O)Oc2ccc(F)[c-]c2F)CC1.CC1CCC(CCC(=O)Oc2ccc(F)[c-]c2F)CC1.[C-]1=CC=CC1.[C-]1=CC=CC1.[Ti+4]. The molecule has 2 saturated carbocycles. The predicted molar refractivity (Wildman–Crippen MR) is 186 cm³/mol. The van der Waals surface area contributed by atoms with Crippen LogP contribution in [-0.4, -0.2) is 11.9 Å². The summed E-state index contributed by atoms with van der Waals surface area (Å²) in [5.74, 6) is -2.32. The number of ether oxygens (including phenoxy) is 2. The van der Waals surface area contributed by atoms with Crippen molar-refractivity contribution < 1.29 is 58.3 Å². The second kappa shape index (κ2) is 24.9. The van der Waals surface area contributed by atoms with Crippen LogP contribution in [-0.2, 0) is 31.3 Å². The molecule has 6 rings (SSSR count). The van der Waals surface area contributed by atoms with Crippen LogP contribution in [0.2, 0.25) is 0 Å². The first-order valence-corrected chi connectivity index (χ1v) is 17.7. The Balaban J connectivity index is 0.000000273. The number of carbonyl (C=O) groups is 2. The first-order valence-electron chi connectivity index (χ1n) is 17.7. The summed E-state index contributed by atoms with van der Waals surface area (Å²) in [6, 6.07) is 7.96. The molecular formula is C42H48F4O4Ti. The van der Waals surface area contributed by atoms with Crippen molar-refractivity contribution in [3.8, 4) is 11.5 Å². The maximum Gasteiger partial charge on any atom is 4.00 e. The molecule has 0 N–H and O–H groups in total. The first kappa shape index (κ1) is 43.9. The number of esters is 2. The smallest absolute Gasteiger partial charge is 0.488 e. The van der Waals surface area contributed by atoms with E-state index >= 15 is 0 Å². The summed E-state index contributed by atoms with van der Waals surface area (Å²) in [7, 11) is 0. The standard InChI is InChI=1S/2C16H19F2O2.2C5H5.Ti/c2*1-11-2-4-12(5-3-11)6-9-16(19)20-15-8-7-13(17)10-14(15)18;2*1-2-4-5-3-1;/h2*7-8,11-12H,2-6,9H2,1H3;2*1-3H,4H2;/q4*-1;+4. The van der Waals surface area contributed by atoms with Gasteiger partial charge in [-0.1, -0.05) is 65.2 Å². The van der Waals surface area contributed by atoms with Gasteiger partial charge in [0.25, 0.3) is 11.9 Å². The van der Waals surface area contributed by atoms with Crippen molar-refractivity contribution in [2.45, 2.75) is 104 Å². The van der Waals surface area contributed by atoms with Gasteiger partial charge >= 0.3 is 21.7 Å². The Labute approximate surface area is 316 Å². The average Bonchev–Trinajstić information content (AvgIpc) is 3.88. The number of rotatable bonds is 8. The molecule has 0 radical (unpaired) electrons. The molecule has 4 aliphatic rings. The van der Waals surface area contributed by atoms with E-state index in [0.29, 0.717) is 11.8 Å². The van der Waals surface area contributed by atoms with Gasteiger partial charge in [-0.15, -0.1) is 49.2 Å². The molecule has 0 unspecified atom stereocenters. The van der Waals surface area contributed by atoms with Crippen LogP contribution < -0.4 is 9.47 Å². The average molecular weight is 741 g/mol. The number of allylic oxidation sites excluding steroid dienone is 8. The molecule has 4 nitrogen and oxygen atoms in total. The molecule has 0 atom stereocenters. The fourth-order valence-electron chi connectivity index (χ4n) is 5.93. The quantitative estimate of drug-likeness (QED) is 0.0889. The predicted octanol–water partition coefficient (Wildman–Crippen LogP) is 11.2. The van der Waals surface area contributed by atoms with Crippen molar-refractivity contribution in [2.24, 2.45) is 23.7 Å². The van der Waals surface area contributed by atoms with Gasteiger partial charge in [0.15, 0.2) is 0 Å². The molecule has 0 saturated heterocycles. The zero-order valence-corrected chi connectivity index (χ0v) is 31.2. The van der Waals surface area contributed by atoms with E-state index in [0.717, 1.165) is 87.5 Å². The normalized spacial score (nSPS) is 21.1. The fraction of sp³-hybridized carbons (Fsp3) is 0.476. The first-order chi connectivity index (χ1) is 24.1. The van der Waals surface area contributed by atoms with E-state index < -0.39 is 35.2 Å². The van der Waals surface area contributed by atoms with Crippen LogP contribution in [0.15, 0.2) is 60.7 Å². The summed E-state index contributed by atoms with van der Waals surface area (Å²) in [6.07, 6.45) is 31.5. The summed E-state index contributed by atoms with van der Waals surface area (Å²) < 4.78 is 61.7. The van der Waals surface area contributed by atoms with Gasteiger partial charge in [0.05, 0.1) is 23.1 Å². The number of carbonyl (C=O) groups excluding carboxylic acids is 2. The molecule has 0 aromatic heterocycles. The molecular weight excluding hydrogens is 692 g/mol. The molecule has 272 valence electrons. The number of halogens is 4. The van der Waals surface area contributed by atoms with E-state index in [9.17, 15) is 27.2 Å². The Morgan fingerprint density at radius 2 is 1.00 bits per heavy atom. The van der Waals surface area contributed by atoms with E-state index in [1.54, 1.807) is 0 Å². The zero-order chi connectivity index (χ0) is 36.1. The van der Waals surface area contributed by atoms with Crippen LogP contribution in [0.4, 0.5) is 17.6 Å². The molecule has 51 heavy (non-hydrogen) atoms. The Bertz CT molecular complexity index is 1330. The third-order valence-corrected chi connectivity index (χ3v) is 9.06. The summed E-state index contributed by atoms with van der Waals surface area (Å²) in [6.45, 7) is 4.50. The third-order valence-electron chi connectivity index (χ3n) is 9.06. The van der Waals surface area contributed by atoms with Gasteiger partial charge in [0, 0.05) is 24.5 Å². The van der Waals surface area contributed by atoms with Gasteiger partial charge in [-0.05, 0) is 36.5 Å². The largest absolute Gasteiger partial charge is 4.00 e. The van der Waals surface area contributed by atoms with Crippen LogP contribution in [0.5, 0.6) is 11.5 Å². The molecule has 4 aliphatic carbocycles. The second-order valence-corrected chi connectivity index (χ2v) is 13.3. The molecule has 2 aromatic carbocycles. The third kappa shape index (κ3) is 18.7. The van der Waals surface area contributed by atoms with Crippen molar-refractivity contribution in [1.82, 2.24) is 0 Å². The number of hydrogen-bond acceptors (Lipinski definition) is 4. The molecule has 0 spiro atoms. The summed E-state index contributed by atoms with van der Waals surface area (Å²) in [5, 5.41) is 0. The summed E-state index contributed by atoms with van der Waals surface area (Å²) >= 11 is 0. The Kier molecular flexibility index (Phi) is 21.4. The monoisotopic (exact) mass is 740 g/mol. The fourth-order valence-corrected chi connectivity index (χ4v) is 5.93. The van der Waals surface area contributed by atoms with Crippen LogP contribution >= 0.6 is 0 Å². The van der Waals surface area contributed by atoms with Crippen LogP contribution in [0.1, 0.15) is 104 Å². The molecule has 0 amide bonds. The van der Waals surface area contributed by atoms with E-state index in [-0.39, 0.29) is 46.1 Å². The van der Waals surface area contributed by atoms with Crippen molar-refractivity contribution in [3.05, 3.63) is 108 Å². The van der Waals surface area contributed by atoms with E-state index in [1.807, 2.05) is 36.4 Å². The molecule has 0 bridgehead atoms. The van der Waals surface area contributed by atoms with Gasteiger partial charge in [0.2, 0.25) is 0 Å². The topological polar surface area (TPSA) is 52.6 Å². The van der Waals surface area contributed by atoms with Gasteiger partial charge in [-0.25, -0.2) is 41.9 Å². The Morgan fingerprint density at radius 1 is 0.627 bits per heavy atom. The van der Waals surface area contributed by atoms with Crippen LogP contribution in [0, 0.1) is 71.2 Å². The van der Waals surface area contributed by atoms with Crippen molar-refractivity contribution >= 4 is 11.9 Å². The zero-order valence-electron chi connectivity index (χ0n) is 29.6. The van der Waals surface area contributed by atoms with Crippen LogP contribution in [0.3, 0.4) is 0 Å². The summed E-state index contributed by atoms with van der Waals surface area (Å²) in [4.78, 5) is 23.3. The van der Waals surface area contributed by atoms with Crippen molar-refractivity contribution in [1.29, 1.82) is 0 Å². The molecule has 2 fully saturated rings. The van der Waals surface area contributed by atoms with Gasteiger partial charge < -0.3 is 9.47 Å². The van der Waals surface area contributed by atoms with Crippen molar-refractivity contribution in [2.75, 3.05) is 0 Å².